The summed E-state index contributed by atoms with van der Waals surface area (Å²) >= 11 is 0. The van der Waals surface area contributed by atoms with E-state index in [1.54, 1.807) is 25.6 Å². The van der Waals surface area contributed by atoms with Gasteiger partial charge in [0.1, 0.15) is 5.75 Å². The molecule has 2 saturated heterocycles. The van der Waals surface area contributed by atoms with Gasteiger partial charge in [-0.05, 0) is 31.4 Å². The monoisotopic (exact) mass is 261 g/mol. The maximum atomic E-state index is 12.6. The fraction of sp³-hybridized carbons (Fsp3) is 0.571. The molecule has 2 aliphatic heterocycles. The molecule has 1 N–H and O–H groups in total. The number of carbonyl (C=O) groups excluding carboxylic acids is 1. The minimum atomic E-state index is 0.0513. The molecule has 1 aromatic heterocycles. The van der Waals surface area contributed by atoms with E-state index in [0.29, 0.717) is 23.3 Å². The van der Waals surface area contributed by atoms with E-state index in [1.165, 1.54) is 12.8 Å². The van der Waals surface area contributed by atoms with Crippen molar-refractivity contribution in [2.75, 3.05) is 26.7 Å². The molecule has 2 fully saturated rings. The predicted molar refractivity (Wildman–Crippen MR) is 71.2 cm³/mol. The zero-order valence-electron chi connectivity index (χ0n) is 11.1. The lowest BCUT2D eigenvalue weighted by atomic mass is 9.94. The minimum Gasteiger partial charge on any atom is -0.494 e. The highest BCUT2D eigenvalue weighted by molar-refractivity contribution is 5.97. The molecule has 0 spiro atoms. The van der Waals surface area contributed by atoms with Crippen LogP contribution in [0.2, 0.25) is 0 Å². The van der Waals surface area contributed by atoms with Crippen LogP contribution in [0.1, 0.15) is 23.2 Å². The molecule has 0 saturated carbocycles. The molecule has 0 bridgehead atoms. The van der Waals surface area contributed by atoms with Gasteiger partial charge in [0.05, 0.1) is 18.9 Å². The molecule has 5 nitrogen and oxygen atoms in total. The van der Waals surface area contributed by atoms with Crippen LogP contribution in [0.4, 0.5) is 0 Å². The van der Waals surface area contributed by atoms with Gasteiger partial charge in [-0.2, -0.15) is 0 Å². The standard InChI is InChI=1S/C14H19N3O2/c1-19-13-7-15-6-4-11(13)14(18)17-8-10-3-2-5-16-12(10)9-17/h4,6-7,10,12,16H,2-3,5,8-9H2,1H3. The maximum absolute atomic E-state index is 12.6. The number of hydrogen-bond acceptors (Lipinski definition) is 4. The molecule has 1 aromatic rings. The number of pyridine rings is 1. The summed E-state index contributed by atoms with van der Waals surface area (Å²) in [6.45, 7) is 2.72. The molecule has 2 atom stereocenters. The Bertz CT molecular complexity index is 464. The minimum absolute atomic E-state index is 0.0513. The van der Waals surface area contributed by atoms with Gasteiger partial charge in [-0.3, -0.25) is 9.78 Å². The zero-order chi connectivity index (χ0) is 13.2. The Hall–Kier alpha value is -1.62. The van der Waals surface area contributed by atoms with Gasteiger partial charge in [-0.25, -0.2) is 0 Å². The van der Waals surface area contributed by atoms with E-state index in [0.717, 1.165) is 19.6 Å². The summed E-state index contributed by atoms with van der Waals surface area (Å²) in [7, 11) is 1.57. The first-order valence-electron chi connectivity index (χ1n) is 6.80. The van der Waals surface area contributed by atoms with Crippen molar-refractivity contribution in [1.82, 2.24) is 15.2 Å². The van der Waals surface area contributed by atoms with Gasteiger partial charge in [0.25, 0.3) is 5.91 Å². The summed E-state index contributed by atoms with van der Waals surface area (Å²) in [5.74, 6) is 1.20. The Morgan fingerprint density at radius 2 is 2.42 bits per heavy atom. The molecule has 2 aliphatic rings. The fourth-order valence-corrected chi connectivity index (χ4v) is 3.10. The Balaban J connectivity index is 1.77. The topological polar surface area (TPSA) is 54.5 Å². The largest absolute Gasteiger partial charge is 0.494 e. The summed E-state index contributed by atoms with van der Waals surface area (Å²) in [4.78, 5) is 18.5. The summed E-state index contributed by atoms with van der Waals surface area (Å²) in [5.41, 5.74) is 0.608. The number of piperidine rings is 1. The second-order valence-corrected chi connectivity index (χ2v) is 5.25. The number of nitrogens with zero attached hydrogens (tertiary/aromatic N) is 2. The van der Waals surface area contributed by atoms with Crippen molar-refractivity contribution in [2.45, 2.75) is 18.9 Å². The number of likely N-dealkylation sites (tertiary alicyclic amines) is 1. The van der Waals surface area contributed by atoms with Crippen LogP contribution in [0.25, 0.3) is 0 Å². The Morgan fingerprint density at radius 3 is 3.21 bits per heavy atom. The summed E-state index contributed by atoms with van der Waals surface area (Å²) in [6, 6.07) is 2.20. The smallest absolute Gasteiger partial charge is 0.257 e. The third-order valence-corrected chi connectivity index (χ3v) is 4.12. The van der Waals surface area contributed by atoms with Crippen LogP contribution in [0.15, 0.2) is 18.5 Å². The lowest BCUT2D eigenvalue weighted by molar-refractivity contribution is 0.0782. The molecular formula is C14H19N3O2. The van der Waals surface area contributed by atoms with Crippen LogP contribution in [-0.4, -0.2) is 48.6 Å². The van der Waals surface area contributed by atoms with Gasteiger partial charge in [0.15, 0.2) is 0 Å². The van der Waals surface area contributed by atoms with E-state index >= 15 is 0 Å². The Labute approximate surface area is 113 Å². The predicted octanol–water partition coefficient (Wildman–Crippen LogP) is 0.914. The third kappa shape index (κ3) is 2.30. The van der Waals surface area contributed by atoms with Gasteiger partial charge in [0, 0.05) is 25.3 Å². The van der Waals surface area contributed by atoms with Crippen LogP contribution in [-0.2, 0) is 0 Å². The number of nitrogens with one attached hydrogen (secondary N) is 1. The maximum Gasteiger partial charge on any atom is 0.257 e. The van der Waals surface area contributed by atoms with Crippen molar-refractivity contribution >= 4 is 5.91 Å². The van der Waals surface area contributed by atoms with Gasteiger partial charge < -0.3 is 15.0 Å². The molecule has 0 radical (unpaired) electrons. The van der Waals surface area contributed by atoms with Gasteiger partial charge in [-0.15, -0.1) is 0 Å². The number of rotatable bonds is 2. The normalized spacial score (nSPS) is 26.1. The molecule has 3 rings (SSSR count). The number of amides is 1. The van der Waals surface area contributed by atoms with Crippen LogP contribution in [0, 0.1) is 5.92 Å². The van der Waals surface area contributed by atoms with Crippen molar-refractivity contribution in [3.8, 4) is 5.75 Å². The molecule has 5 heteroatoms. The van der Waals surface area contributed by atoms with Crippen molar-refractivity contribution in [3.05, 3.63) is 24.0 Å². The fourth-order valence-electron chi connectivity index (χ4n) is 3.10. The highest BCUT2D eigenvalue weighted by atomic mass is 16.5. The lowest BCUT2D eigenvalue weighted by Crippen LogP contribution is -2.41. The van der Waals surface area contributed by atoms with Crippen molar-refractivity contribution < 1.29 is 9.53 Å². The Kier molecular flexibility index (Phi) is 3.38. The highest BCUT2D eigenvalue weighted by Gasteiger charge is 2.37. The van der Waals surface area contributed by atoms with Crippen molar-refractivity contribution in [3.63, 3.8) is 0 Å². The number of carbonyl (C=O) groups is 1. The number of hydrogen-bond donors (Lipinski definition) is 1. The van der Waals surface area contributed by atoms with E-state index < -0.39 is 0 Å². The lowest BCUT2D eigenvalue weighted by Gasteiger charge is -2.24. The van der Waals surface area contributed by atoms with Crippen LogP contribution in [0.3, 0.4) is 0 Å². The van der Waals surface area contributed by atoms with Crippen LogP contribution < -0.4 is 10.1 Å². The SMILES string of the molecule is COc1cnccc1C(=O)N1CC2CCCNC2C1. The first-order chi connectivity index (χ1) is 9.29. The average molecular weight is 261 g/mol. The van der Waals surface area contributed by atoms with Crippen molar-refractivity contribution in [2.24, 2.45) is 5.92 Å². The van der Waals surface area contributed by atoms with E-state index in [1.807, 2.05) is 4.90 Å². The summed E-state index contributed by atoms with van der Waals surface area (Å²) in [6.07, 6.45) is 5.66. The van der Waals surface area contributed by atoms with Gasteiger partial charge >= 0.3 is 0 Å². The van der Waals surface area contributed by atoms with Crippen LogP contribution >= 0.6 is 0 Å². The summed E-state index contributed by atoms with van der Waals surface area (Å²) < 4.78 is 5.22. The van der Waals surface area contributed by atoms with E-state index in [4.69, 9.17) is 4.74 Å². The first-order valence-corrected chi connectivity index (χ1v) is 6.80. The van der Waals surface area contributed by atoms with E-state index in [-0.39, 0.29) is 5.91 Å². The second-order valence-electron chi connectivity index (χ2n) is 5.25. The zero-order valence-corrected chi connectivity index (χ0v) is 11.1. The number of fused-ring (bicyclic) bond motifs is 1. The van der Waals surface area contributed by atoms with Crippen molar-refractivity contribution in [1.29, 1.82) is 0 Å². The molecular weight excluding hydrogens is 242 g/mol. The molecule has 2 unspecified atom stereocenters. The molecule has 0 aromatic carbocycles. The van der Waals surface area contributed by atoms with Gasteiger partial charge in [-0.1, -0.05) is 0 Å². The average Bonchev–Trinajstić information content (AvgIpc) is 2.90. The third-order valence-electron chi connectivity index (χ3n) is 4.12. The molecule has 1 amide bonds. The number of aromatic nitrogens is 1. The second kappa shape index (κ2) is 5.17. The van der Waals surface area contributed by atoms with Crippen LogP contribution in [0.5, 0.6) is 5.75 Å². The van der Waals surface area contributed by atoms with Gasteiger partial charge in [0.2, 0.25) is 0 Å². The molecule has 102 valence electrons. The molecule has 3 heterocycles. The first kappa shape index (κ1) is 12.4. The number of ether oxygens (including phenoxy) is 1. The van der Waals surface area contributed by atoms with E-state index in [2.05, 4.69) is 10.3 Å². The summed E-state index contributed by atoms with van der Waals surface area (Å²) in [5, 5.41) is 3.51. The molecule has 19 heavy (non-hydrogen) atoms. The number of methoxy groups -OCH3 is 1. The highest BCUT2D eigenvalue weighted by Crippen LogP contribution is 2.27. The molecule has 0 aliphatic carbocycles. The quantitative estimate of drug-likeness (QED) is 0.860. The Morgan fingerprint density at radius 1 is 1.53 bits per heavy atom. The van der Waals surface area contributed by atoms with E-state index in [9.17, 15) is 4.79 Å².